The van der Waals surface area contributed by atoms with Gasteiger partial charge in [0.15, 0.2) is 5.13 Å². The highest BCUT2D eigenvalue weighted by atomic mass is 32.1. The summed E-state index contributed by atoms with van der Waals surface area (Å²) in [6, 6.07) is 6.00. The van der Waals surface area contributed by atoms with E-state index in [0.717, 1.165) is 15.8 Å². The molecule has 0 atom stereocenters. The molecule has 0 spiro atoms. The van der Waals surface area contributed by atoms with Crippen molar-refractivity contribution in [2.24, 2.45) is 0 Å². The van der Waals surface area contributed by atoms with Gasteiger partial charge in [-0.2, -0.15) is 0 Å². The van der Waals surface area contributed by atoms with Crippen LogP contribution in [0.4, 0.5) is 5.13 Å². The van der Waals surface area contributed by atoms with Gasteiger partial charge in [-0.05, 0) is 46.2 Å². The summed E-state index contributed by atoms with van der Waals surface area (Å²) < 4.78 is 24.5. The summed E-state index contributed by atoms with van der Waals surface area (Å²) in [7, 11) is -3.45. The highest BCUT2D eigenvalue weighted by Crippen LogP contribution is 2.46. The van der Waals surface area contributed by atoms with E-state index in [2.05, 4.69) is 15.6 Å². The Hall–Kier alpha value is -0.980. The monoisotopic (exact) mass is 343 g/mol. The van der Waals surface area contributed by atoms with Gasteiger partial charge >= 0.3 is 7.75 Å². The van der Waals surface area contributed by atoms with Gasteiger partial charge in [0, 0.05) is 0 Å². The number of thiazole rings is 1. The van der Waals surface area contributed by atoms with E-state index >= 15 is 0 Å². The molecule has 1 heterocycles. The van der Waals surface area contributed by atoms with Crippen LogP contribution in [0.2, 0.25) is 0 Å². The third-order valence-electron chi connectivity index (χ3n) is 2.62. The summed E-state index contributed by atoms with van der Waals surface area (Å²) in [5.74, 6) is 0. The lowest BCUT2D eigenvalue weighted by Gasteiger charge is -2.23. The summed E-state index contributed by atoms with van der Waals surface area (Å²) >= 11 is 1.47. The van der Waals surface area contributed by atoms with Crippen LogP contribution < -0.4 is 10.6 Å². The molecule has 2 aromatic rings. The third kappa shape index (κ3) is 4.51. The van der Waals surface area contributed by atoms with Crippen molar-refractivity contribution in [3.8, 4) is 0 Å². The molecule has 0 saturated carbocycles. The average molecular weight is 343 g/mol. The first-order valence-corrected chi connectivity index (χ1v) is 9.51. The van der Waals surface area contributed by atoms with Crippen molar-refractivity contribution in [3.63, 3.8) is 0 Å². The van der Waals surface area contributed by atoms with Gasteiger partial charge in [0.05, 0.1) is 22.4 Å². The zero-order valence-electron chi connectivity index (χ0n) is 13.4. The van der Waals surface area contributed by atoms with E-state index < -0.39 is 7.75 Å². The van der Waals surface area contributed by atoms with Crippen molar-refractivity contribution >= 4 is 34.4 Å². The first-order valence-electron chi connectivity index (χ1n) is 7.15. The molecule has 8 heteroatoms. The van der Waals surface area contributed by atoms with E-state index in [1.165, 1.54) is 11.3 Å². The Bertz CT molecular complexity index is 673. The third-order valence-corrected chi connectivity index (χ3v) is 5.34. The normalized spacial score (nSPS) is 12.5. The van der Waals surface area contributed by atoms with E-state index in [1.807, 2.05) is 25.1 Å². The molecular weight excluding hydrogens is 321 g/mol. The molecule has 0 aliphatic heterocycles. The van der Waals surface area contributed by atoms with E-state index in [0.29, 0.717) is 5.13 Å². The number of fused-ring (bicyclic) bond motifs is 1. The van der Waals surface area contributed by atoms with Crippen molar-refractivity contribution < 1.29 is 13.6 Å². The van der Waals surface area contributed by atoms with E-state index in [4.69, 9.17) is 9.05 Å². The quantitative estimate of drug-likeness (QED) is 0.570. The van der Waals surface area contributed by atoms with E-state index in [-0.39, 0.29) is 12.2 Å². The number of hydrogen-bond donors (Lipinski definition) is 2. The maximum Gasteiger partial charge on any atom is 0.423 e. The molecule has 0 radical (unpaired) electrons. The number of nitrogens with one attached hydrogen (secondary N) is 2. The smallest absolute Gasteiger partial charge is 0.293 e. The predicted octanol–water partition coefficient (Wildman–Crippen LogP) is 4.48. The van der Waals surface area contributed by atoms with Gasteiger partial charge in [0.2, 0.25) is 0 Å². The number of hydrazine groups is 1. The summed E-state index contributed by atoms with van der Waals surface area (Å²) in [5, 5.41) is 3.28. The van der Waals surface area contributed by atoms with Crippen LogP contribution in [0, 0.1) is 6.92 Å². The zero-order valence-corrected chi connectivity index (χ0v) is 15.1. The topological polar surface area (TPSA) is 72.5 Å². The Morgan fingerprint density at radius 1 is 1.18 bits per heavy atom. The number of aromatic nitrogens is 1. The lowest BCUT2D eigenvalue weighted by atomic mass is 10.2. The summed E-state index contributed by atoms with van der Waals surface area (Å²) in [6.07, 6.45) is -0.451. The fraction of sp³-hybridized carbons (Fsp3) is 0.500. The average Bonchev–Trinajstić information content (AvgIpc) is 2.79. The number of para-hydroxylation sites is 1. The van der Waals surface area contributed by atoms with Gasteiger partial charge in [0.25, 0.3) is 0 Å². The van der Waals surface area contributed by atoms with Crippen LogP contribution in [0.25, 0.3) is 10.2 Å². The Morgan fingerprint density at radius 3 is 2.36 bits per heavy atom. The van der Waals surface area contributed by atoms with Crippen LogP contribution in [0.5, 0.6) is 0 Å². The molecular formula is C14H22N3O3PS. The predicted molar refractivity (Wildman–Crippen MR) is 91.2 cm³/mol. The molecule has 0 aliphatic rings. The Kier molecular flexibility index (Phi) is 5.58. The number of benzene rings is 1. The van der Waals surface area contributed by atoms with Gasteiger partial charge in [-0.3, -0.25) is 14.5 Å². The first kappa shape index (κ1) is 17.4. The fourth-order valence-electron chi connectivity index (χ4n) is 1.89. The molecule has 0 bridgehead atoms. The molecule has 2 N–H and O–H groups in total. The second-order valence-electron chi connectivity index (χ2n) is 5.48. The maximum absolute atomic E-state index is 12.6. The minimum Gasteiger partial charge on any atom is -0.293 e. The fourth-order valence-corrected chi connectivity index (χ4v) is 4.37. The van der Waals surface area contributed by atoms with Gasteiger partial charge in [-0.15, -0.1) is 5.20 Å². The van der Waals surface area contributed by atoms with E-state index in [9.17, 15) is 4.57 Å². The molecule has 22 heavy (non-hydrogen) atoms. The van der Waals surface area contributed by atoms with Crippen molar-refractivity contribution in [2.75, 3.05) is 5.43 Å². The van der Waals surface area contributed by atoms with Gasteiger partial charge in [0.1, 0.15) is 0 Å². The Morgan fingerprint density at radius 2 is 1.82 bits per heavy atom. The largest absolute Gasteiger partial charge is 0.423 e. The maximum atomic E-state index is 12.6. The van der Waals surface area contributed by atoms with Gasteiger partial charge in [-0.25, -0.2) is 9.55 Å². The Balaban J connectivity index is 2.13. The summed E-state index contributed by atoms with van der Waals surface area (Å²) in [4.78, 5) is 4.49. The molecule has 1 aromatic carbocycles. The minimum atomic E-state index is -3.45. The second kappa shape index (κ2) is 7.06. The molecule has 1 aromatic heterocycles. The number of aryl methyl sites for hydroxylation is 1. The summed E-state index contributed by atoms with van der Waals surface area (Å²) in [5.41, 5.74) is 4.89. The molecule has 122 valence electrons. The highest BCUT2D eigenvalue weighted by molar-refractivity contribution is 7.51. The lowest BCUT2D eigenvalue weighted by molar-refractivity contribution is 0.137. The molecule has 0 fully saturated rings. The molecule has 0 saturated heterocycles. The van der Waals surface area contributed by atoms with Crippen molar-refractivity contribution in [3.05, 3.63) is 23.8 Å². The standard InChI is InChI=1S/C14H22N3O3PS/c1-9(2)19-21(18,20-10(3)4)17-16-14-15-13-11(5)7-6-8-12(13)22-14/h6-10H,1-5H3,(H,15,16)(H,17,18). The minimum absolute atomic E-state index is 0.225. The second-order valence-corrected chi connectivity index (χ2v) is 8.15. The van der Waals surface area contributed by atoms with E-state index in [1.54, 1.807) is 27.7 Å². The molecule has 2 rings (SSSR count). The van der Waals surface area contributed by atoms with Crippen molar-refractivity contribution in [2.45, 2.75) is 46.8 Å². The van der Waals surface area contributed by atoms with Crippen LogP contribution in [-0.4, -0.2) is 17.2 Å². The molecule has 0 aliphatic carbocycles. The van der Waals surface area contributed by atoms with Crippen molar-refractivity contribution in [1.29, 1.82) is 0 Å². The number of rotatable bonds is 7. The summed E-state index contributed by atoms with van der Waals surface area (Å²) in [6.45, 7) is 9.23. The van der Waals surface area contributed by atoms with Gasteiger partial charge in [-0.1, -0.05) is 23.5 Å². The van der Waals surface area contributed by atoms with Crippen LogP contribution in [0.1, 0.15) is 33.3 Å². The van der Waals surface area contributed by atoms with Crippen LogP contribution in [-0.2, 0) is 13.6 Å². The molecule has 0 amide bonds. The molecule has 6 nitrogen and oxygen atoms in total. The van der Waals surface area contributed by atoms with Crippen LogP contribution >= 0.6 is 19.1 Å². The number of hydrogen-bond acceptors (Lipinski definition) is 6. The SMILES string of the molecule is Cc1cccc2sc(NNP(=O)(OC(C)C)OC(C)C)nc12. The first-order chi connectivity index (χ1) is 10.3. The van der Waals surface area contributed by atoms with Crippen molar-refractivity contribution in [1.82, 2.24) is 10.2 Å². The van der Waals surface area contributed by atoms with Gasteiger partial charge < -0.3 is 0 Å². The lowest BCUT2D eigenvalue weighted by Crippen LogP contribution is -2.24. The molecule has 0 unspecified atom stereocenters. The van der Waals surface area contributed by atoms with Crippen LogP contribution in [0.3, 0.4) is 0 Å². The zero-order chi connectivity index (χ0) is 16.3. The van der Waals surface area contributed by atoms with Crippen LogP contribution in [0.15, 0.2) is 18.2 Å². The number of nitrogens with zero attached hydrogens (tertiary/aromatic N) is 1. The number of anilines is 1. The Labute approximate surface area is 134 Å². The highest BCUT2D eigenvalue weighted by Gasteiger charge is 2.28.